The molecule has 0 unspecified atom stereocenters. The molecule has 12 heteroatoms. The number of carbonyl (C=O) groups excluding carboxylic acids is 2. The van der Waals surface area contributed by atoms with E-state index >= 15 is 0 Å². The molecule has 0 aromatic rings. The predicted octanol–water partition coefficient (Wildman–Crippen LogP) is 0.699. The molecule has 0 heterocycles. The molecule has 0 aliphatic carbocycles. The summed E-state index contributed by atoms with van der Waals surface area (Å²) in [5.74, 6) is -0.528. The number of amides is 2. The maximum Gasteiger partial charge on any atom is 0.420 e. The molecule has 142 valence electrons. The van der Waals surface area contributed by atoms with Crippen LogP contribution in [-0.2, 0) is 29.5 Å². The van der Waals surface area contributed by atoms with Crippen molar-refractivity contribution in [3.63, 3.8) is 0 Å². The number of hydrogen-bond acceptors (Lipinski definition) is 8. The quantitative estimate of drug-likeness (QED) is 0.492. The lowest BCUT2D eigenvalue weighted by atomic mass is 10.2. The van der Waals surface area contributed by atoms with Gasteiger partial charge in [-0.15, -0.1) is 0 Å². The smallest absolute Gasteiger partial charge is 0.420 e. The first-order valence-electron chi connectivity index (χ1n) is 7.46. The lowest BCUT2D eigenvalue weighted by Gasteiger charge is -2.07. The van der Waals surface area contributed by atoms with Gasteiger partial charge in [0.2, 0.25) is 20.0 Å². The zero-order valence-electron chi connectivity index (χ0n) is 13.7. The van der Waals surface area contributed by atoms with E-state index in [0.29, 0.717) is 12.8 Å². The molecule has 2 amide bonds. The van der Waals surface area contributed by atoms with Crippen LogP contribution in [0.3, 0.4) is 0 Å². The SMILES string of the molecule is CCOC(=O)NS(=O)(=O)CCCCCCS(=O)(=O)NC(=O)OCC. The number of carbonyl (C=O) groups is 2. The zero-order chi connectivity index (χ0) is 18.6. The number of unbranched alkanes of at least 4 members (excludes halogenated alkanes) is 3. The lowest BCUT2D eigenvalue weighted by molar-refractivity contribution is 0.157. The standard InChI is InChI=1S/C12H24N2O8S2/c1-3-21-11(15)13-23(17,18)9-7-5-6-8-10-24(19,20)14-12(16)22-4-2/h3-10H2,1-2H3,(H,13,15)(H,14,16). The van der Waals surface area contributed by atoms with E-state index in [-0.39, 0.29) is 37.6 Å². The van der Waals surface area contributed by atoms with Crippen molar-refractivity contribution in [3.05, 3.63) is 0 Å². The van der Waals surface area contributed by atoms with Gasteiger partial charge in [0.25, 0.3) is 0 Å². The number of sulfonamides is 2. The van der Waals surface area contributed by atoms with Gasteiger partial charge in [-0.3, -0.25) is 0 Å². The van der Waals surface area contributed by atoms with Crippen LogP contribution in [0.25, 0.3) is 0 Å². The Bertz CT molecular complexity index is 547. The van der Waals surface area contributed by atoms with E-state index in [1.54, 1.807) is 23.3 Å². The van der Waals surface area contributed by atoms with Gasteiger partial charge < -0.3 is 9.47 Å². The molecule has 0 aromatic carbocycles. The Morgan fingerprint density at radius 3 is 1.33 bits per heavy atom. The van der Waals surface area contributed by atoms with Crippen LogP contribution < -0.4 is 9.44 Å². The number of nitrogens with one attached hydrogen (secondary N) is 2. The molecule has 0 saturated heterocycles. The maximum atomic E-state index is 11.5. The first-order chi connectivity index (χ1) is 11.1. The van der Waals surface area contributed by atoms with E-state index in [0.717, 1.165) is 0 Å². The first kappa shape index (κ1) is 22.4. The van der Waals surface area contributed by atoms with Gasteiger partial charge in [0.1, 0.15) is 0 Å². The molecule has 0 atom stereocenters. The van der Waals surface area contributed by atoms with Crippen molar-refractivity contribution in [2.24, 2.45) is 0 Å². The van der Waals surface area contributed by atoms with E-state index in [2.05, 4.69) is 9.47 Å². The van der Waals surface area contributed by atoms with Crippen molar-refractivity contribution in [2.45, 2.75) is 39.5 Å². The van der Waals surface area contributed by atoms with Gasteiger partial charge in [-0.05, 0) is 26.7 Å². The lowest BCUT2D eigenvalue weighted by Crippen LogP contribution is -2.33. The maximum absolute atomic E-state index is 11.5. The molecule has 0 bridgehead atoms. The van der Waals surface area contributed by atoms with Crippen LogP contribution in [0, 0.1) is 0 Å². The van der Waals surface area contributed by atoms with E-state index in [9.17, 15) is 26.4 Å². The second kappa shape index (κ2) is 11.1. The van der Waals surface area contributed by atoms with Crippen molar-refractivity contribution in [2.75, 3.05) is 24.7 Å². The molecule has 10 nitrogen and oxygen atoms in total. The van der Waals surface area contributed by atoms with E-state index in [4.69, 9.17) is 0 Å². The van der Waals surface area contributed by atoms with Gasteiger partial charge >= 0.3 is 12.2 Å². The fourth-order valence-electron chi connectivity index (χ4n) is 1.61. The van der Waals surface area contributed by atoms with E-state index < -0.39 is 32.2 Å². The molecule has 24 heavy (non-hydrogen) atoms. The van der Waals surface area contributed by atoms with Crippen molar-refractivity contribution in [1.29, 1.82) is 0 Å². The van der Waals surface area contributed by atoms with Gasteiger partial charge in [-0.2, -0.15) is 0 Å². The summed E-state index contributed by atoms with van der Waals surface area (Å²) in [6.07, 6.45) is -0.598. The average Bonchev–Trinajstić information content (AvgIpc) is 2.41. The normalized spacial score (nSPS) is 11.6. The molecule has 0 spiro atoms. The first-order valence-corrected chi connectivity index (χ1v) is 10.8. The highest BCUT2D eigenvalue weighted by atomic mass is 32.2. The highest BCUT2D eigenvalue weighted by Gasteiger charge is 2.16. The third kappa shape index (κ3) is 11.9. The molecular weight excluding hydrogens is 364 g/mol. The molecule has 0 fully saturated rings. The van der Waals surface area contributed by atoms with Crippen LogP contribution in [0.1, 0.15) is 39.5 Å². The summed E-state index contributed by atoms with van der Waals surface area (Å²) in [6, 6.07) is 0. The second-order valence-corrected chi connectivity index (χ2v) is 8.38. The molecule has 0 aliphatic heterocycles. The fraction of sp³-hybridized carbons (Fsp3) is 0.833. The van der Waals surface area contributed by atoms with Gasteiger partial charge in [-0.1, -0.05) is 12.8 Å². The minimum atomic E-state index is -3.76. The van der Waals surface area contributed by atoms with Crippen LogP contribution in [0.5, 0.6) is 0 Å². The summed E-state index contributed by atoms with van der Waals surface area (Å²) < 4.78 is 58.5. The summed E-state index contributed by atoms with van der Waals surface area (Å²) in [4.78, 5) is 22.0. The summed E-state index contributed by atoms with van der Waals surface area (Å²) in [6.45, 7) is 3.24. The van der Waals surface area contributed by atoms with Crippen molar-refractivity contribution in [3.8, 4) is 0 Å². The molecule has 0 aromatic heterocycles. The molecular formula is C12H24N2O8S2. The molecule has 2 N–H and O–H groups in total. The summed E-state index contributed by atoms with van der Waals surface area (Å²) in [5.41, 5.74) is 0. The predicted molar refractivity (Wildman–Crippen MR) is 86.4 cm³/mol. The van der Waals surface area contributed by atoms with Crippen LogP contribution in [0.15, 0.2) is 0 Å². The minimum absolute atomic E-state index is 0.0651. The van der Waals surface area contributed by atoms with Crippen molar-refractivity contribution < 1.29 is 35.9 Å². The van der Waals surface area contributed by atoms with Crippen LogP contribution >= 0.6 is 0 Å². The summed E-state index contributed by atoms with van der Waals surface area (Å²) in [5, 5.41) is 0. The van der Waals surface area contributed by atoms with Crippen LogP contribution in [-0.4, -0.2) is 53.7 Å². The highest BCUT2D eigenvalue weighted by molar-refractivity contribution is 7.90. The van der Waals surface area contributed by atoms with Crippen LogP contribution in [0.2, 0.25) is 0 Å². The molecule has 0 aliphatic rings. The summed E-state index contributed by atoms with van der Waals surface area (Å²) >= 11 is 0. The summed E-state index contributed by atoms with van der Waals surface area (Å²) in [7, 11) is -7.51. The highest BCUT2D eigenvalue weighted by Crippen LogP contribution is 2.04. The minimum Gasteiger partial charge on any atom is -0.449 e. The van der Waals surface area contributed by atoms with Gasteiger partial charge in [-0.25, -0.2) is 35.9 Å². The van der Waals surface area contributed by atoms with Crippen LogP contribution in [0.4, 0.5) is 9.59 Å². The van der Waals surface area contributed by atoms with Gasteiger partial charge in [0, 0.05) is 0 Å². The second-order valence-electron chi connectivity index (χ2n) is 4.70. The van der Waals surface area contributed by atoms with E-state index in [1.807, 2.05) is 0 Å². The molecule has 0 rings (SSSR count). The monoisotopic (exact) mass is 388 g/mol. The Balaban J connectivity index is 3.94. The number of hydrogen-bond donors (Lipinski definition) is 2. The molecule has 0 radical (unpaired) electrons. The van der Waals surface area contributed by atoms with Gasteiger partial charge in [0.05, 0.1) is 24.7 Å². The Morgan fingerprint density at radius 1 is 0.708 bits per heavy atom. The fourth-order valence-corrected chi connectivity index (χ4v) is 3.61. The Hall–Kier alpha value is -1.56. The Kier molecular flexibility index (Phi) is 10.4. The third-order valence-electron chi connectivity index (χ3n) is 2.60. The third-order valence-corrected chi connectivity index (χ3v) is 5.21. The zero-order valence-corrected chi connectivity index (χ0v) is 15.4. The van der Waals surface area contributed by atoms with Crippen molar-refractivity contribution >= 4 is 32.2 Å². The Morgan fingerprint density at radius 2 is 1.04 bits per heavy atom. The van der Waals surface area contributed by atoms with Gasteiger partial charge in [0.15, 0.2) is 0 Å². The largest absolute Gasteiger partial charge is 0.449 e. The number of rotatable bonds is 11. The Labute approximate surface area is 142 Å². The number of ether oxygens (including phenoxy) is 2. The average molecular weight is 388 g/mol. The van der Waals surface area contributed by atoms with E-state index in [1.165, 1.54) is 0 Å². The molecule has 0 saturated carbocycles. The topological polar surface area (TPSA) is 145 Å². The van der Waals surface area contributed by atoms with Crippen molar-refractivity contribution in [1.82, 2.24) is 9.44 Å².